The van der Waals surface area contributed by atoms with Crippen LogP contribution in [0.25, 0.3) is 0 Å². The number of carbonyl (C=O) groups is 1. The van der Waals surface area contributed by atoms with Crippen LogP contribution in [0.15, 0.2) is 12.1 Å². The van der Waals surface area contributed by atoms with Crippen LogP contribution in [0.3, 0.4) is 0 Å². The molecule has 0 aliphatic rings. The number of aldehydes is 1. The van der Waals surface area contributed by atoms with Gasteiger partial charge < -0.3 is 0 Å². The van der Waals surface area contributed by atoms with Gasteiger partial charge in [-0.05, 0) is 36.6 Å². The van der Waals surface area contributed by atoms with Gasteiger partial charge in [0.05, 0.1) is 5.56 Å². The number of halogens is 6. The second kappa shape index (κ2) is 5.22. The summed E-state index contributed by atoms with van der Waals surface area (Å²) in [6.45, 7) is 1.12. The monoisotopic (exact) mass is 284 g/mol. The molecule has 0 aliphatic heterocycles. The van der Waals surface area contributed by atoms with Crippen molar-refractivity contribution in [1.82, 2.24) is 0 Å². The quantitative estimate of drug-likeness (QED) is 0.596. The molecular weight excluding hydrogens is 274 g/mol. The molecule has 1 aromatic rings. The summed E-state index contributed by atoms with van der Waals surface area (Å²) in [7, 11) is 0. The van der Waals surface area contributed by atoms with Crippen LogP contribution in [0, 0.1) is 6.92 Å². The zero-order valence-electron chi connectivity index (χ0n) is 9.82. The Morgan fingerprint density at radius 1 is 1.11 bits per heavy atom. The second-order valence-electron chi connectivity index (χ2n) is 4.10. The molecule has 0 aromatic heterocycles. The highest BCUT2D eigenvalue weighted by Crippen LogP contribution is 2.36. The molecule has 7 heteroatoms. The first kappa shape index (κ1) is 15.5. The van der Waals surface area contributed by atoms with E-state index in [2.05, 4.69) is 0 Å². The van der Waals surface area contributed by atoms with E-state index in [1.54, 1.807) is 0 Å². The highest BCUT2D eigenvalue weighted by molar-refractivity contribution is 5.76. The maximum atomic E-state index is 12.8. The van der Waals surface area contributed by atoms with Gasteiger partial charge in [-0.25, -0.2) is 0 Å². The Balaban J connectivity index is 3.25. The van der Waals surface area contributed by atoms with Gasteiger partial charge in [-0.3, -0.25) is 4.79 Å². The number of hydrogen-bond donors (Lipinski definition) is 0. The maximum absolute atomic E-state index is 12.8. The third-order valence-corrected chi connectivity index (χ3v) is 2.54. The van der Waals surface area contributed by atoms with Gasteiger partial charge in [0.25, 0.3) is 0 Å². The minimum atomic E-state index is -4.74. The van der Waals surface area contributed by atoms with E-state index >= 15 is 0 Å². The summed E-state index contributed by atoms with van der Waals surface area (Å²) in [6.07, 6.45) is -11.1. The summed E-state index contributed by atoms with van der Waals surface area (Å²) in [5.41, 5.74) is -1.92. The van der Waals surface area contributed by atoms with E-state index in [0.29, 0.717) is 6.29 Å². The van der Waals surface area contributed by atoms with Crippen molar-refractivity contribution in [1.29, 1.82) is 0 Å². The Labute approximate surface area is 105 Å². The van der Waals surface area contributed by atoms with E-state index in [1.165, 1.54) is 0 Å². The molecule has 0 saturated heterocycles. The Hall–Kier alpha value is -1.53. The first-order valence-electron chi connectivity index (χ1n) is 5.27. The van der Waals surface area contributed by atoms with Gasteiger partial charge in [0, 0.05) is 12.0 Å². The van der Waals surface area contributed by atoms with E-state index in [-0.39, 0.29) is 11.1 Å². The number of aryl methyl sites for hydroxylation is 2. The number of alkyl halides is 6. The van der Waals surface area contributed by atoms with Crippen LogP contribution in [-0.2, 0) is 12.6 Å². The van der Waals surface area contributed by atoms with Gasteiger partial charge in [-0.15, -0.1) is 0 Å². The molecule has 0 aliphatic carbocycles. The summed E-state index contributed by atoms with van der Waals surface area (Å²) >= 11 is 0. The molecule has 0 radical (unpaired) electrons. The predicted octanol–water partition coefficient (Wildman–Crippen LogP) is 4.32. The van der Waals surface area contributed by atoms with E-state index in [1.807, 2.05) is 0 Å². The summed E-state index contributed by atoms with van der Waals surface area (Å²) in [5.74, 6) is 0. The summed E-state index contributed by atoms with van der Waals surface area (Å²) < 4.78 is 74.7. The Morgan fingerprint density at radius 2 is 1.68 bits per heavy atom. The van der Waals surface area contributed by atoms with Crippen molar-refractivity contribution in [2.24, 2.45) is 0 Å². The molecule has 1 aromatic carbocycles. The average Bonchev–Trinajstić information content (AvgIpc) is 2.22. The zero-order valence-corrected chi connectivity index (χ0v) is 9.82. The second-order valence-corrected chi connectivity index (χ2v) is 4.10. The number of carbonyl (C=O) groups excluding carboxylic acids is 1. The molecule has 19 heavy (non-hydrogen) atoms. The van der Waals surface area contributed by atoms with Crippen molar-refractivity contribution in [2.45, 2.75) is 32.1 Å². The molecule has 0 saturated carbocycles. The van der Waals surface area contributed by atoms with Crippen LogP contribution in [-0.4, -0.2) is 12.5 Å². The molecule has 0 atom stereocenters. The summed E-state index contributed by atoms with van der Waals surface area (Å²) in [4.78, 5) is 10.6. The number of rotatable bonds is 3. The minimum absolute atomic E-state index is 0.0670. The van der Waals surface area contributed by atoms with Gasteiger partial charge in [0.1, 0.15) is 6.29 Å². The fourth-order valence-electron chi connectivity index (χ4n) is 1.84. The third-order valence-electron chi connectivity index (χ3n) is 2.54. The van der Waals surface area contributed by atoms with Gasteiger partial charge in [-0.1, -0.05) is 0 Å². The molecule has 1 rings (SSSR count). The van der Waals surface area contributed by atoms with E-state index in [4.69, 9.17) is 0 Å². The van der Waals surface area contributed by atoms with Crippen LogP contribution in [0.2, 0.25) is 0 Å². The zero-order chi connectivity index (χ0) is 14.8. The molecule has 0 unspecified atom stereocenters. The summed E-state index contributed by atoms with van der Waals surface area (Å²) in [5, 5.41) is 0. The number of hydrogen-bond acceptors (Lipinski definition) is 1. The van der Waals surface area contributed by atoms with Crippen LogP contribution in [0.1, 0.15) is 33.5 Å². The van der Waals surface area contributed by atoms with Gasteiger partial charge in [0.2, 0.25) is 0 Å². The largest absolute Gasteiger partial charge is 0.416 e. The molecule has 0 heterocycles. The standard InChI is InChI=1S/C12H10F6O/c1-7-4-8(6-19)5-9(2-3-11(13,14)15)10(7)12(16,17)18/h4-6H,2-3H2,1H3. The van der Waals surface area contributed by atoms with Crippen molar-refractivity contribution in [3.8, 4) is 0 Å². The van der Waals surface area contributed by atoms with Gasteiger partial charge in [0.15, 0.2) is 0 Å². The first-order valence-corrected chi connectivity index (χ1v) is 5.27. The van der Waals surface area contributed by atoms with Crippen molar-refractivity contribution in [3.63, 3.8) is 0 Å². The first-order chi connectivity index (χ1) is 8.54. The highest BCUT2D eigenvalue weighted by atomic mass is 19.4. The van der Waals surface area contributed by atoms with Crippen molar-refractivity contribution in [2.75, 3.05) is 0 Å². The Bertz CT molecular complexity index is 472. The smallest absolute Gasteiger partial charge is 0.298 e. The summed E-state index contributed by atoms with van der Waals surface area (Å²) in [6, 6.07) is 1.86. The van der Waals surface area contributed by atoms with Crippen LogP contribution >= 0.6 is 0 Å². The average molecular weight is 284 g/mol. The molecule has 0 amide bonds. The molecule has 1 nitrogen and oxygen atoms in total. The molecule has 0 spiro atoms. The minimum Gasteiger partial charge on any atom is -0.298 e. The Morgan fingerprint density at radius 3 is 2.11 bits per heavy atom. The lowest BCUT2D eigenvalue weighted by Crippen LogP contribution is -2.15. The van der Waals surface area contributed by atoms with E-state index in [9.17, 15) is 31.1 Å². The molecule has 106 valence electrons. The SMILES string of the molecule is Cc1cc(C=O)cc(CCC(F)(F)F)c1C(F)(F)F. The van der Waals surface area contributed by atoms with E-state index in [0.717, 1.165) is 19.1 Å². The fraction of sp³-hybridized carbons (Fsp3) is 0.417. The maximum Gasteiger partial charge on any atom is 0.416 e. The van der Waals surface area contributed by atoms with Crippen LogP contribution in [0.4, 0.5) is 26.3 Å². The van der Waals surface area contributed by atoms with Crippen molar-refractivity contribution < 1.29 is 31.1 Å². The molecule has 0 fully saturated rings. The molecule has 0 bridgehead atoms. The van der Waals surface area contributed by atoms with Crippen molar-refractivity contribution >= 4 is 6.29 Å². The topological polar surface area (TPSA) is 17.1 Å². The lowest BCUT2D eigenvalue weighted by Gasteiger charge is -2.17. The third kappa shape index (κ3) is 4.25. The fourth-order valence-corrected chi connectivity index (χ4v) is 1.84. The van der Waals surface area contributed by atoms with Crippen LogP contribution in [0.5, 0.6) is 0 Å². The van der Waals surface area contributed by atoms with Gasteiger partial charge in [-0.2, -0.15) is 26.3 Å². The highest BCUT2D eigenvalue weighted by Gasteiger charge is 2.36. The van der Waals surface area contributed by atoms with Gasteiger partial charge >= 0.3 is 12.4 Å². The Kier molecular flexibility index (Phi) is 4.27. The number of benzene rings is 1. The normalized spacial score (nSPS) is 12.6. The lowest BCUT2D eigenvalue weighted by atomic mass is 9.95. The van der Waals surface area contributed by atoms with Crippen LogP contribution < -0.4 is 0 Å². The van der Waals surface area contributed by atoms with Crippen molar-refractivity contribution in [3.05, 3.63) is 34.4 Å². The van der Waals surface area contributed by atoms with E-state index < -0.39 is 36.3 Å². The lowest BCUT2D eigenvalue weighted by molar-refractivity contribution is -0.142. The predicted molar refractivity (Wildman–Crippen MR) is 55.9 cm³/mol. The molecule has 0 N–H and O–H groups in total. The molecular formula is C12H10F6O.